The van der Waals surface area contributed by atoms with Gasteiger partial charge in [-0.1, -0.05) is 71.1 Å². The van der Waals surface area contributed by atoms with Gasteiger partial charge in [-0.15, -0.1) is 23.2 Å². The van der Waals surface area contributed by atoms with Crippen LogP contribution in [0.4, 0.5) is 0 Å². The standard InChI is InChI=1S/C25H47Cl2NO4/c1-5-6-7-8-10-13-16-20(26)21(27)17-14-11-9-12-15-18-22(29)24(25(31)32)23(30)19-28(2,3)4/h20-21,23-24,30H,5-19H2,1-4H3/p+1/t20-,21-,23-,24+/m1/s1. The summed E-state index contributed by atoms with van der Waals surface area (Å²) in [6, 6.07) is 0. The quantitative estimate of drug-likeness (QED) is 0.0880. The summed E-state index contributed by atoms with van der Waals surface area (Å²) in [6.45, 7) is 2.45. The maximum absolute atomic E-state index is 12.3. The number of ketones is 1. The van der Waals surface area contributed by atoms with E-state index in [2.05, 4.69) is 6.92 Å². The molecule has 0 saturated heterocycles. The highest BCUT2D eigenvalue weighted by Crippen LogP contribution is 2.23. The van der Waals surface area contributed by atoms with Gasteiger partial charge in [0.1, 0.15) is 24.3 Å². The minimum absolute atomic E-state index is 0.00733. The van der Waals surface area contributed by atoms with E-state index in [-0.39, 0.29) is 29.5 Å². The number of carboxylic acid groups (broad SMARTS) is 1. The molecule has 0 aromatic heterocycles. The Morgan fingerprint density at radius 3 is 1.66 bits per heavy atom. The van der Waals surface area contributed by atoms with Gasteiger partial charge in [0.2, 0.25) is 0 Å². The molecule has 0 amide bonds. The Bertz CT molecular complexity index is 511. The van der Waals surface area contributed by atoms with Gasteiger partial charge in [-0.05, 0) is 19.3 Å². The number of aliphatic hydroxyl groups excluding tert-OH is 1. The highest BCUT2D eigenvalue weighted by atomic mass is 35.5. The van der Waals surface area contributed by atoms with Gasteiger partial charge in [0.15, 0.2) is 0 Å². The monoisotopic (exact) mass is 496 g/mol. The maximum atomic E-state index is 12.3. The van der Waals surface area contributed by atoms with E-state index in [1.54, 1.807) is 0 Å². The fourth-order valence-electron chi connectivity index (χ4n) is 3.99. The second kappa shape index (κ2) is 18.0. The van der Waals surface area contributed by atoms with Crippen molar-refractivity contribution in [1.82, 2.24) is 0 Å². The minimum atomic E-state index is -1.34. The van der Waals surface area contributed by atoms with Gasteiger partial charge in [0.05, 0.1) is 21.1 Å². The average Bonchev–Trinajstić information content (AvgIpc) is 2.67. The van der Waals surface area contributed by atoms with E-state index in [4.69, 9.17) is 23.2 Å². The van der Waals surface area contributed by atoms with Crippen LogP contribution >= 0.6 is 23.2 Å². The van der Waals surface area contributed by atoms with E-state index in [1.807, 2.05) is 21.1 Å². The molecular weight excluding hydrogens is 449 g/mol. The summed E-state index contributed by atoms with van der Waals surface area (Å²) in [7, 11) is 5.58. The molecule has 0 aromatic carbocycles. The zero-order chi connectivity index (χ0) is 24.6. The number of carbonyl (C=O) groups is 2. The van der Waals surface area contributed by atoms with Crippen molar-refractivity contribution in [2.75, 3.05) is 27.7 Å². The van der Waals surface area contributed by atoms with Crippen LogP contribution < -0.4 is 0 Å². The Morgan fingerprint density at radius 2 is 1.22 bits per heavy atom. The first kappa shape index (κ1) is 31.6. The van der Waals surface area contributed by atoms with Crippen LogP contribution in [0.15, 0.2) is 0 Å². The molecule has 0 radical (unpaired) electrons. The fraction of sp³-hybridized carbons (Fsp3) is 0.920. The number of nitrogens with zero attached hydrogens (tertiary/aromatic N) is 1. The Labute approximate surface area is 206 Å². The zero-order valence-corrected chi connectivity index (χ0v) is 22.3. The van der Waals surface area contributed by atoms with Gasteiger partial charge in [0.25, 0.3) is 0 Å². The normalized spacial score (nSPS) is 15.8. The molecule has 0 aliphatic rings. The molecule has 0 heterocycles. The lowest BCUT2D eigenvalue weighted by Crippen LogP contribution is -2.47. The van der Waals surface area contributed by atoms with Gasteiger partial charge < -0.3 is 14.7 Å². The van der Waals surface area contributed by atoms with E-state index < -0.39 is 18.0 Å². The summed E-state index contributed by atoms with van der Waals surface area (Å²) in [5.74, 6) is -2.95. The third kappa shape index (κ3) is 16.3. The number of aliphatic hydroxyl groups is 1. The van der Waals surface area contributed by atoms with Gasteiger partial charge in [0, 0.05) is 17.2 Å². The molecule has 5 nitrogen and oxygen atoms in total. The number of unbranched alkanes of at least 4 members (excludes halogenated alkanes) is 9. The van der Waals surface area contributed by atoms with Crippen molar-refractivity contribution in [2.45, 2.75) is 114 Å². The largest absolute Gasteiger partial charge is 0.481 e. The topological polar surface area (TPSA) is 74.6 Å². The number of quaternary nitrogens is 1. The third-order valence-electron chi connectivity index (χ3n) is 5.86. The van der Waals surface area contributed by atoms with Crippen molar-refractivity contribution in [1.29, 1.82) is 0 Å². The highest BCUT2D eigenvalue weighted by molar-refractivity contribution is 6.29. The fourth-order valence-corrected chi connectivity index (χ4v) is 4.55. The average molecular weight is 498 g/mol. The lowest BCUT2D eigenvalue weighted by Gasteiger charge is -2.28. The Balaban J connectivity index is 3.94. The van der Waals surface area contributed by atoms with Gasteiger partial charge in [-0.2, -0.15) is 0 Å². The number of carbonyl (C=O) groups excluding carboxylic acids is 1. The van der Waals surface area contributed by atoms with E-state index in [1.165, 1.54) is 32.1 Å². The molecule has 0 aliphatic heterocycles. The van der Waals surface area contributed by atoms with Crippen molar-refractivity contribution < 1.29 is 24.3 Å². The first-order chi connectivity index (χ1) is 15.0. The summed E-state index contributed by atoms with van der Waals surface area (Å²) < 4.78 is 0.405. The second-order valence-electron chi connectivity index (χ2n) is 10.2. The van der Waals surface area contributed by atoms with Crippen LogP contribution in [-0.4, -0.2) is 71.0 Å². The molecule has 0 rings (SSSR count). The molecule has 0 fully saturated rings. The highest BCUT2D eigenvalue weighted by Gasteiger charge is 2.36. The first-order valence-electron chi connectivity index (χ1n) is 12.5. The minimum Gasteiger partial charge on any atom is -0.481 e. The molecule has 32 heavy (non-hydrogen) atoms. The van der Waals surface area contributed by atoms with E-state index in [0.717, 1.165) is 44.9 Å². The van der Waals surface area contributed by atoms with Crippen molar-refractivity contribution in [3.63, 3.8) is 0 Å². The lowest BCUT2D eigenvalue weighted by molar-refractivity contribution is -0.873. The molecule has 190 valence electrons. The van der Waals surface area contributed by atoms with Crippen LogP contribution in [0.25, 0.3) is 0 Å². The van der Waals surface area contributed by atoms with E-state index >= 15 is 0 Å². The van der Waals surface area contributed by atoms with E-state index in [0.29, 0.717) is 10.9 Å². The number of aliphatic carboxylic acids is 1. The Hall–Kier alpha value is -0.360. The molecule has 7 heteroatoms. The molecule has 2 N–H and O–H groups in total. The maximum Gasteiger partial charge on any atom is 0.316 e. The summed E-state index contributed by atoms with van der Waals surface area (Å²) in [6.07, 6.45) is 13.0. The number of halogens is 2. The third-order valence-corrected chi connectivity index (χ3v) is 7.04. The van der Waals surface area contributed by atoms with Crippen molar-refractivity contribution in [2.24, 2.45) is 5.92 Å². The van der Waals surface area contributed by atoms with Crippen LogP contribution in [0.5, 0.6) is 0 Å². The molecule has 0 bridgehead atoms. The number of alkyl halides is 2. The summed E-state index contributed by atoms with van der Waals surface area (Å²) in [5, 5.41) is 19.6. The molecule has 0 saturated carbocycles. The Kier molecular flexibility index (Phi) is 17.8. The van der Waals surface area contributed by atoms with Gasteiger partial charge in [-0.25, -0.2) is 0 Å². The molecular formula is C25H48Cl2NO4+. The SMILES string of the molecule is CCCCCCCC[C@@H](Cl)[C@H](Cl)CCCCCCCC(=O)[C@H](C(=O)O)[C@H](O)C[N+](C)(C)C. The molecule has 0 unspecified atom stereocenters. The number of likely N-dealkylation sites (N-methyl/N-ethyl adjacent to an activating group) is 1. The van der Waals surface area contributed by atoms with Crippen LogP contribution in [0.1, 0.15) is 96.8 Å². The molecule has 0 spiro atoms. The molecule has 0 aromatic rings. The molecule has 4 atom stereocenters. The zero-order valence-electron chi connectivity index (χ0n) is 20.8. The van der Waals surface area contributed by atoms with Crippen molar-refractivity contribution in [3.8, 4) is 0 Å². The number of hydrogen-bond acceptors (Lipinski definition) is 3. The predicted molar refractivity (Wildman–Crippen MR) is 135 cm³/mol. The van der Waals surface area contributed by atoms with Crippen LogP contribution in [-0.2, 0) is 9.59 Å². The number of carboxylic acids is 1. The van der Waals surface area contributed by atoms with Crippen LogP contribution in [0, 0.1) is 5.92 Å². The number of Topliss-reactive ketones (excluding diaryl/α,β-unsaturated/α-hetero) is 1. The summed E-state index contributed by atoms with van der Waals surface area (Å²) in [5.41, 5.74) is 0. The second-order valence-corrected chi connectivity index (χ2v) is 11.3. The summed E-state index contributed by atoms with van der Waals surface area (Å²) in [4.78, 5) is 23.8. The predicted octanol–water partition coefficient (Wildman–Crippen LogP) is 6.02. The Morgan fingerprint density at radius 1 is 0.781 bits per heavy atom. The van der Waals surface area contributed by atoms with E-state index in [9.17, 15) is 19.8 Å². The lowest BCUT2D eigenvalue weighted by atomic mass is 9.93. The molecule has 0 aliphatic carbocycles. The van der Waals surface area contributed by atoms with Crippen LogP contribution in [0.2, 0.25) is 0 Å². The number of rotatable bonds is 21. The number of hydrogen-bond donors (Lipinski definition) is 2. The van der Waals surface area contributed by atoms with Crippen molar-refractivity contribution in [3.05, 3.63) is 0 Å². The van der Waals surface area contributed by atoms with Crippen molar-refractivity contribution >= 4 is 35.0 Å². The van der Waals surface area contributed by atoms with Crippen LogP contribution in [0.3, 0.4) is 0 Å². The van der Waals surface area contributed by atoms with Gasteiger partial charge >= 0.3 is 5.97 Å². The van der Waals surface area contributed by atoms with Gasteiger partial charge in [-0.3, -0.25) is 9.59 Å². The summed E-state index contributed by atoms with van der Waals surface area (Å²) >= 11 is 12.9. The smallest absolute Gasteiger partial charge is 0.316 e. The first-order valence-corrected chi connectivity index (χ1v) is 13.4.